The zero-order valence-electron chi connectivity index (χ0n) is 18.3. The molecule has 0 spiro atoms. The molecule has 2 aromatic carbocycles. The Morgan fingerprint density at radius 1 is 0.844 bits per heavy atom. The first kappa shape index (κ1) is 20.1. The maximum absolute atomic E-state index is 13.4. The number of nitrogens with zero attached hydrogens (tertiary/aromatic N) is 3. The average Bonchev–Trinajstić information content (AvgIpc) is 3.29. The van der Waals surface area contributed by atoms with Gasteiger partial charge in [0.25, 0.3) is 0 Å². The van der Waals surface area contributed by atoms with Crippen LogP contribution in [0.5, 0.6) is 0 Å². The number of benzene rings is 2. The summed E-state index contributed by atoms with van der Waals surface area (Å²) in [4.78, 5) is 15.3. The van der Waals surface area contributed by atoms with E-state index >= 15 is 0 Å². The van der Waals surface area contributed by atoms with E-state index in [0.29, 0.717) is 13.0 Å². The molecular weight excluding hydrogens is 414 g/mol. The number of rotatable bonds is 6. The largest absolute Gasteiger partial charge is 0.282 e. The van der Waals surface area contributed by atoms with Gasteiger partial charge in [-0.3, -0.25) is 9.69 Å². The second-order valence-corrected chi connectivity index (χ2v) is 11.2. The predicted octanol–water partition coefficient (Wildman–Crippen LogP) is 5.78. The van der Waals surface area contributed by atoms with E-state index in [2.05, 4.69) is 17.2 Å². The molecule has 0 atom stereocenters. The average molecular weight is 444 g/mol. The van der Waals surface area contributed by atoms with Crippen LogP contribution in [0.4, 0.5) is 5.13 Å². The van der Waals surface area contributed by atoms with Gasteiger partial charge in [-0.2, -0.15) is 0 Å². The summed E-state index contributed by atoms with van der Waals surface area (Å²) >= 11 is 1.67. The van der Waals surface area contributed by atoms with Gasteiger partial charge in [0.15, 0.2) is 0 Å². The monoisotopic (exact) mass is 443 g/mol. The summed E-state index contributed by atoms with van der Waals surface area (Å²) in [5, 5.41) is 11.3. The normalized spacial score (nSPS) is 28.1. The minimum absolute atomic E-state index is 0.0771. The number of hydrogen-bond donors (Lipinski definition) is 0. The maximum Gasteiger partial charge on any atom is 0.233 e. The molecule has 4 saturated carbocycles. The smallest absolute Gasteiger partial charge is 0.233 e. The van der Waals surface area contributed by atoms with Gasteiger partial charge in [0.05, 0.1) is 13.0 Å². The van der Waals surface area contributed by atoms with Crippen molar-refractivity contribution in [2.45, 2.75) is 56.9 Å². The zero-order chi connectivity index (χ0) is 21.5. The highest BCUT2D eigenvalue weighted by atomic mass is 32.1. The summed E-state index contributed by atoms with van der Waals surface area (Å²) in [5.41, 5.74) is 2.35. The van der Waals surface area contributed by atoms with Crippen LogP contribution in [0.2, 0.25) is 0 Å². The van der Waals surface area contributed by atoms with Crippen molar-refractivity contribution in [3.8, 4) is 0 Å². The molecule has 4 aliphatic carbocycles. The standard InChI is InChI=1S/C27H29N3OS/c31-24(14-19-7-3-1-4-8-19)30(18-20-9-5-2-6-10-20)26-29-28-25(32-26)27-15-21-11-22(16-27)13-23(12-21)17-27/h1-10,21-23H,11-18H2. The summed E-state index contributed by atoms with van der Waals surface area (Å²) in [6, 6.07) is 20.2. The highest BCUT2D eigenvalue weighted by Crippen LogP contribution is 2.61. The third-order valence-electron chi connectivity index (χ3n) is 7.82. The van der Waals surface area contributed by atoms with E-state index in [9.17, 15) is 4.79 Å². The Bertz CT molecular complexity index is 1060. The molecule has 1 aromatic heterocycles. The van der Waals surface area contributed by atoms with Gasteiger partial charge in [-0.25, -0.2) is 0 Å². The van der Waals surface area contributed by atoms with Crippen LogP contribution in [0.1, 0.15) is 54.7 Å². The predicted molar refractivity (Wildman–Crippen MR) is 128 cm³/mol. The van der Waals surface area contributed by atoms with Gasteiger partial charge < -0.3 is 0 Å². The first-order valence-corrected chi connectivity index (χ1v) is 12.7. The molecule has 0 saturated heterocycles. The molecule has 3 aromatic rings. The number of carbonyl (C=O) groups is 1. The zero-order valence-corrected chi connectivity index (χ0v) is 19.1. The van der Waals surface area contributed by atoms with E-state index in [4.69, 9.17) is 5.10 Å². The lowest BCUT2D eigenvalue weighted by molar-refractivity contribution is -0.118. The molecule has 7 rings (SSSR count). The van der Waals surface area contributed by atoms with Gasteiger partial charge in [-0.05, 0) is 67.4 Å². The second kappa shape index (κ2) is 8.11. The van der Waals surface area contributed by atoms with Crippen LogP contribution < -0.4 is 4.90 Å². The van der Waals surface area contributed by atoms with Crippen molar-refractivity contribution >= 4 is 22.4 Å². The van der Waals surface area contributed by atoms with E-state index in [1.165, 1.54) is 43.5 Å². The second-order valence-electron chi connectivity index (χ2n) is 10.2. The third-order valence-corrected chi connectivity index (χ3v) is 9.01. The molecule has 1 heterocycles. The lowest BCUT2D eigenvalue weighted by atomic mass is 9.50. The van der Waals surface area contributed by atoms with E-state index in [0.717, 1.165) is 34.0 Å². The number of carbonyl (C=O) groups excluding carboxylic acids is 1. The number of hydrogen-bond acceptors (Lipinski definition) is 4. The van der Waals surface area contributed by atoms with E-state index in [-0.39, 0.29) is 11.3 Å². The van der Waals surface area contributed by atoms with Crippen LogP contribution >= 0.6 is 11.3 Å². The van der Waals surface area contributed by atoms with Gasteiger partial charge in [0.2, 0.25) is 11.0 Å². The van der Waals surface area contributed by atoms with Gasteiger partial charge in [0.1, 0.15) is 5.01 Å². The van der Waals surface area contributed by atoms with Crippen LogP contribution in [0.15, 0.2) is 60.7 Å². The molecule has 5 heteroatoms. The van der Waals surface area contributed by atoms with Crippen LogP contribution in [-0.4, -0.2) is 16.1 Å². The Morgan fingerprint density at radius 2 is 1.41 bits per heavy atom. The Labute approximate surface area is 193 Å². The highest BCUT2D eigenvalue weighted by molar-refractivity contribution is 7.15. The Hall–Kier alpha value is -2.53. The van der Waals surface area contributed by atoms with Crippen molar-refractivity contribution in [1.82, 2.24) is 10.2 Å². The molecule has 4 aliphatic rings. The number of anilines is 1. The maximum atomic E-state index is 13.4. The topological polar surface area (TPSA) is 46.1 Å². The lowest BCUT2D eigenvalue weighted by Gasteiger charge is -2.55. The molecule has 164 valence electrons. The Morgan fingerprint density at radius 3 is 2.00 bits per heavy atom. The van der Waals surface area contributed by atoms with Crippen molar-refractivity contribution in [3.63, 3.8) is 0 Å². The summed E-state index contributed by atoms with van der Waals surface area (Å²) < 4.78 is 0. The van der Waals surface area contributed by atoms with Crippen molar-refractivity contribution < 1.29 is 4.79 Å². The molecular formula is C27H29N3OS. The van der Waals surface area contributed by atoms with E-state index in [1.807, 2.05) is 53.4 Å². The van der Waals surface area contributed by atoms with Crippen LogP contribution in [-0.2, 0) is 23.2 Å². The van der Waals surface area contributed by atoms with Gasteiger partial charge >= 0.3 is 0 Å². The summed E-state index contributed by atoms with van der Waals surface area (Å²) in [7, 11) is 0. The molecule has 4 nitrogen and oxygen atoms in total. The Balaban J connectivity index is 1.30. The first-order valence-electron chi connectivity index (χ1n) is 11.9. The minimum Gasteiger partial charge on any atom is -0.282 e. The van der Waals surface area contributed by atoms with Crippen molar-refractivity contribution in [3.05, 3.63) is 76.8 Å². The first-order chi connectivity index (χ1) is 15.7. The van der Waals surface area contributed by atoms with Gasteiger partial charge in [-0.1, -0.05) is 72.0 Å². The van der Waals surface area contributed by atoms with Crippen molar-refractivity contribution in [2.24, 2.45) is 17.8 Å². The summed E-state index contributed by atoms with van der Waals surface area (Å²) in [5.74, 6) is 2.68. The van der Waals surface area contributed by atoms with Crippen LogP contribution in [0.25, 0.3) is 0 Å². The fraction of sp³-hybridized carbons (Fsp3) is 0.444. The number of amides is 1. The SMILES string of the molecule is O=C(Cc1ccccc1)N(Cc1ccccc1)c1nnc(C23CC4CC(CC(C4)C2)C3)s1. The molecule has 4 fully saturated rings. The lowest BCUT2D eigenvalue weighted by Crippen LogP contribution is -2.48. The summed E-state index contributed by atoms with van der Waals surface area (Å²) in [6.45, 7) is 0.530. The van der Waals surface area contributed by atoms with Crippen LogP contribution in [0.3, 0.4) is 0 Å². The molecule has 0 aliphatic heterocycles. The van der Waals surface area contributed by atoms with Crippen molar-refractivity contribution in [2.75, 3.05) is 4.90 Å². The molecule has 0 unspecified atom stereocenters. The molecule has 0 N–H and O–H groups in total. The quantitative estimate of drug-likeness (QED) is 0.485. The Kier molecular flexibility index (Phi) is 5.09. The van der Waals surface area contributed by atoms with Gasteiger partial charge in [-0.15, -0.1) is 10.2 Å². The molecule has 4 bridgehead atoms. The molecule has 1 amide bonds. The highest BCUT2D eigenvalue weighted by Gasteiger charge is 2.53. The molecule has 0 radical (unpaired) electrons. The number of aromatic nitrogens is 2. The van der Waals surface area contributed by atoms with Gasteiger partial charge in [0, 0.05) is 5.41 Å². The minimum atomic E-state index is 0.0771. The van der Waals surface area contributed by atoms with E-state index in [1.54, 1.807) is 11.3 Å². The molecule has 32 heavy (non-hydrogen) atoms. The van der Waals surface area contributed by atoms with Crippen LogP contribution in [0, 0.1) is 17.8 Å². The third kappa shape index (κ3) is 3.77. The summed E-state index contributed by atoms with van der Waals surface area (Å²) in [6.07, 6.45) is 8.43. The fourth-order valence-corrected chi connectivity index (χ4v) is 7.89. The fourth-order valence-electron chi connectivity index (χ4n) is 6.81. The van der Waals surface area contributed by atoms with Crippen molar-refractivity contribution in [1.29, 1.82) is 0 Å². The van der Waals surface area contributed by atoms with E-state index < -0.39 is 0 Å².